The number of aryl methyl sites for hydroxylation is 2. The van der Waals surface area contributed by atoms with Crippen LogP contribution in [0.2, 0.25) is 0 Å². The van der Waals surface area contributed by atoms with Crippen LogP contribution in [0, 0.1) is 19.3 Å². The van der Waals surface area contributed by atoms with E-state index in [9.17, 15) is 31.2 Å². The second-order valence-electron chi connectivity index (χ2n) is 11.1. The zero-order valence-corrected chi connectivity index (χ0v) is 23.3. The summed E-state index contributed by atoms with van der Waals surface area (Å²) in [6, 6.07) is 3.01. The molecule has 2 aliphatic heterocycles. The molecule has 3 N–H and O–H groups in total. The maximum Gasteiger partial charge on any atom is 0.389 e. The lowest BCUT2D eigenvalue weighted by molar-refractivity contribution is -0.136. The first-order chi connectivity index (χ1) is 18.1. The highest BCUT2D eigenvalue weighted by molar-refractivity contribution is 7.89. The van der Waals surface area contributed by atoms with Gasteiger partial charge in [0.1, 0.15) is 11.4 Å². The van der Waals surface area contributed by atoms with Gasteiger partial charge in [-0.05, 0) is 87.6 Å². The van der Waals surface area contributed by atoms with Crippen LogP contribution in [0.3, 0.4) is 0 Å². The van der Waals surface area contributed by atoms with E-state index >= 15 is 0 Å². The molecule has 3 amide bonds. The van der Waals surface area contributed by atoms with Crippen LogP contribution in [-0.2, 0) is 21.2 Å². The molecular formula is C26H36F3N5O4S. The van der Waals surface area contributed by atoms with Crippen molar-refractivity contribution in [2.75, 3.05) is 30.8 Å². The van der Waals surface area contributed by atoms with Gasteiger partial charge in [-0.15, -0.1) is 0 Å². The molecule has 0 atom stereocenters. The highest BCUT2D eigenvalue weighted by Gasteiger charge is 2.55. The summed E-state index contributed by atoms with van der Waals surface area (Å²) in [6.45, 7) is 4.02. The van der Waals surface area contributed by atoms with Crippen LogP contribution < -0.4 is 16.0 Å². The van der Waals surface area contributed by atoms with E-state index in [4.69, 9.17) is 10.7 Å². The molecule has 4 rings (SSSR count). The van der Waals surface area contributed by atoms with Crippen molar-refractivity contribution >= 4 is 33.5 Å². The van der Waals surface area contributed by atoms with Gasteiger partial charge in [0.05, 0.1) is 5.75 Å². The van der Waals surface area contributed by atoms with Gasteiger partial charge in [-0.25, -0.2) is 17.5 Å². The largest absolute Gasteiger partial charge is 0.389 e. The highest BCUT2D eigenvalue weighted by atomic mass is 32.2. The van der Waals surface area contributed by atoms with Gasteiger partial charge in [0.2, 0.25) is 10.0 Å². The molecule has 1 aromatic carbocycles. The summed E-state index contributed by atoms with van der Waals surface area (Å²) < 4.78 is 65.6. The van der Waals surface area contributed by atoms with Crippen molar-refractivity contribution in [3.8, 4) is 0 Å². The smallest absolute Gasteiger partial charge is 0.351 e. The lowest BCUT2D eigenvalue weighted by atomic mass is 9.89. The first-order valence-corrected chi connectivity index (χ1v) is 14.8. The molecule has 216 valence electrons. The predicted octanol–water partition coefficient (Wildman–Crippen LogP) is 3.57. The van der Waals surface area contributed by atoms with Gasteiger partial charge >= 0.3 is 12.2 Å². The maximum absolute atomic E-state index is 13.2. The molecule has 2 heterocycles. The topological polar surface area (TPSA) is 125 Å². The number of hydrogen-bond acceptors (Lipinski definition) is 5. The first-order valence-electron chi connectivity index (χ1n) is 13.2. The van der Waals surface area contributed by atoms with Crippen LogP contribution in [0.5, 0.6) is 0 Å². The fraction of sp³-hybridized carbons (Fsp3) is 0.654. The number of urea groups is 1. The molecule has 9 nitrogen and oxygen atoms in total. The molecule has 1 spiro atoms. The summed E-state index contributed by atoms with van der Waals surface area (Å²) in [4.78, 5) is 30.4. The van der Waals surface area contributed by atoms with E-state index in [1.54, 1.807) is 19.2 Å². The van der Waals surface area contributed by atoms with Crippen molar-refractivity contribution in [3.63, 3.8) is 0 Å². The summed E-state index contributed by atoms with van der Waals surface area (Å²) >= 11 is 0. The van der Waals surface area contributed by atoms with Gasteiger partial charge in [0, 0.05) is 37.7 Å². The SMILES string of the molecule is Cc1cc(N(C)C(N)=O)cc(C)c1CCS(=O)(=O)N1CCC2(CC1)N=C(C1(CCCC(F)(F)F)CC1)NC2=O. The van der Waals surface area contributed by atoms with Crippen LogP contribution in [0.15, 0.2) is 17.1 Å². The van der Waals surface area contributed by atoms with Gasteiger partial charge in [0.15, 0.2) is 0 Å². The number of hydrogen-bond donors (Lipinski definition) is 2. The quantitative estimate of drug-likeness (QED) is 0.470. The summed E-state index contributed by atoms with van der Waals surface area (Å²) in [5, 5.41) is 2.83. The van der Waals surface area contributed by atoms with Crippen molar-refractivity contribution < 1.29 is 31.2 Å². The Bertz CT molecular complexity index is 1260. The number of halogens is 3. The number of nitrogens with two attached hydrogens (primary N) is 1. The molecule has 0 bridgehead atoms. The number of nitrogens with one attached hydrogen (secondary N) is 1. The van der Waals surface area contributed by atoms with E-state index < -0.39 is 39.6 Å². The molecule has 2 fully saturated rings. The zero-order chi connectivity index (χ0) is 28.8. The Morgan fingerprint density at radius 3 is 2.26 bits per heavy atom. The monoisotopic (exact) mass is 571 g/mol. The average Bonchev–Trinajstić information content (AvgIpc) is 3.55. The molecule has 0 aromatic heterocycles. The fourth-order valence-corrected chi connectivity index (χ4v) is 7.13. The Hall–Kier alpha value is -2.67. The second-order valence-corrected chi connectivity index (χ2v) is 13.2. The first kappa shape index (κ1) is 29.3. The maximum atomic E-state index is 13.2. The lowest BCUT2D eigenvalue weighted by Crippen LogP contribution is -2.51. The van der Waals surface area contributed by atoms with Crippen molar-refractivity contribution in [1.82, 2.24) is 9.62 Å². The predicted molar refractivity (Wildman–Crippen MR) is 142 cm³/mol. The standard InChI is InChI=1S/C26H36F3N5O4S/c1-17-15-19(33(3)23(30)36)16-18(2)20(17)5-14-39(37,38)34-12-10-25(11-13-34)22(35)31-21(32-25)24(8-9-24)6-4-7-26(27,28)29/h15-16H,4-14H2,1-3H3,(H2,30,36)(H,31,32,35). The Balaban J connectivity index is 1.37. The minimum absolute atomic E-state index is 0.0130. The molecule has 13 heteroatoms. The zero-order valence-electron chi connectivity index (χ0n) is 22.5. The minimum atomic E-state index is -4.21. The van der Waals surface area contributed by atoms with Crippen LogP contribution >= 0.6 is 0 Å². The normalized spacial score (nSPS) is 20.6. The summed E-state index contributed by atoms with van der Waals surface area (Å²) in [6.07, 6.45) is -2.62. The van der Waals surface area contributed by atoms with Gasteiger partial charge in [-0.2, -0.15) is 13.2 Å². The average molecular weight is 572 g/mol. The van der Waals surface area contributed by atoms with E-state index in [-0.39, 0.29) is 44.0 Å². The molecule has 3 aliphatic rings. The summed E-state index contributed by atoms with van der Waals surface area (Å²) in [5.74, 6) is 0.0849. The fourth-order valence-electron chi connectivity index (χ4n) is 5.67. The van der Waals surface area contributed by atoms with E-state index in [2.05, 4.69) is 5.32 Å². The molecule has 1 aliphatic carbocycles. The van der Waals surface area contributed by atoms with Crippen LogP contribution in [-0.4, -0.2) is 68.1 Å². The molecule has 1 aromatic rings. The van der Waals surface area contributed by atoms with Gasteiger partial charge in [-0.3, -0.25) is 14.7 Å². The van der Waals surface area contributed by atoms with Crippen molar-refractivity contribution in [2.24, 2.45) is 16.1 Å². The van der Waals surface area contributed by atoms with E-state index in [1.807, 2.05) is 13.8 Å². The van der Waals surface area contributed by atoms with E-state index in [0.717, 1.165) is 16.7 Å². The second kappa shape index (κ2) is 10.4. The third kappa shape index (κ3) is 6.24. The lowest BCUT2D eigenvalue weighted by Gasteiger charge is -2.34. The van der Waals surface area contributed by atoms with Crippen molar-refractivity contribution in [3.05, 3.63) is 28.8 Å². The minimum Gasteiger partial charge on any atom is -0.351 e. The number of nitrogens with zero attached hydrogens (tertiary/aromatic N) is 3. The van der Waals surface area contributed by atoms with Gasteiger partial charge in [0.25, 0.3) is 5.91 Å². The number of alkyl halides is 3. The Morgan fingerprint density at radius 1 is 1.15 bits per heavy atom. The summed E-state index contributed by atoms with van der Waals surface area (Å²) in [5.41, 5.74) is 7.04. The van der Waals surface area contributed by atoms with Crippen molar-refractivity contribution in [2.45, 2.75) is 76.9 Å². The molecule has 39 heavy (non-hydrogen) atoms. The molecule has 1 saturated heterocycles. The summed E-state index contributed by atoms with van der Waals surface area (Å²) in [7, 11) is -2.04. The Morgan fingerprint density at radius 2 is 1.74 bits per heavy atom. The van der Waals surface area contributed by atoms with Crippen LogP contribution in [0.1, 0.15) is 61.6 Å². The van der Waals surface area contributed by atoms with Gasteiger partial charge < -0.3 is 11.1 Å². The number of amidine groups is 1. The molecular weight excluding hydrogens is 535 g/mol. The van der Waals surface area contributed by atoms with E-state index in [0.29, 0.717) is 37.2 Å². The highest BCUT2D eigenvalue weighted by Crippen LogP contribution is 2.53. The van der Waals surface area contributed by atoms with E-state index in [1.165, 1.54) is 9.21 Å². The number of sulfonamides is 1. The number of carbonyl (C=O) groups is 2. The molecule has 0 radical (unpaired) electrons. The number of aliphatic imine (C=N–C) groups is 1. The Kier molecular flexibility index (Phi) is 7.80. The Labute approximate surface area is 227 Å². The van der Waals surface area contributed by atoms with Crippen LogP contribution in [0.4, 0.5) is 23.7 Å². The third-order valence-electron chi connectivity index (χ3n) is 8.40. The molecule has 1 saturated carbocycles. The van der Waals surface area contributed by atoms with Crippen LogP contribution in [0.25, 0.3) is 0 Å². The number of piperidine rings is 1. The number of carbonyl (C=O) groups excluding carboxylic acids is 2. The number of benzene rings is 1. The number of primary amides is 1. The third-order valence-corrected chi connectivity index (χ3v) is 10.3. The molecule has 0 unspecified atom stereocenters. The number of rotatable bonds is 9. The number of amides is 3. The van der Waals surface area contributed by atoms with Gasteiger partial charge in [-0.1, -0.05) is 0 Å². The van der Waals surface area contributed by atoms with Crippen molar-refractivity contribution in [1.29, 1.82) is 0 Å². The number of anilines is 1.